The normalized spacial score (nSPS) is 19.3. The van der Waals surface area contributed by atoms with Crippen molar-refractivity contribution in [2.24, 2.45) is 7.05 Å². The van der Waals surface area contributed by atoms with Gasteiger partial charge in [-0.1, -0.05) is 6.07 Å². The molecule has 0 unspecified atom stereocenters. The van der Waals surface area contributed by atoms with Crippen molar-refractivity contribution in [1.29, 1.82) is 0 Å². The first-order valence-corrected chi connectivity index (χ1v) is 8.89. The molecule has 2 atom stereocenters. The summed E-state index contributed by atoms with van der Waals surface area (Å²) >= 11 is 1.56. The minimum absolute atomic E-state index is 0.0500. The van der Waals surface area contributed by atoms with Crippen molar-refractivity contribution < 1.29 is 9.90 Å². The molecule has 0 saturated carbocycles. The van der Waals surface area contributed by atoms with E-state index < -0.39 is 6.10 Å². The maximum atomic E-state index is 13.0. The Kier molecular flexibility index (Phi) is 4.55. The van der Waals surface area contributed by atoms with Gasteiger partial charge in [-0.25, -0.2) is 0 Å². The fourth-order valence-corrected chi connectivity index (χ4v) is 4.15. The number of amides is 1. The third kappa shape index (κ3) is 3.05. The number of aliphatic hydroxyl groups is 1. The Balaban J connectivity index is 1.77. The monoisotopic (exact) mass is 333 g/mol. The number of aliphatic hydroxyl groups excluding tert-OH is 1. The first-order chi connectivity index (χ1) is 11.0. The van der Waals surface area contributed by atoms with Crippen LogP contribution in [0.2, 0.25) is 0 Å². The Hall–Kier alpha value is -1.66. The zero-order valence-electron chi connectivity index (χ0n) is 13.8. The van der Waals surface area contributed by atoms with Crippen molar-refractivity contribution in [2.75, 3.05) is 6.54 Å². The zero-order chi connectivity index (χ0) is 16.6. The summed E-state index contributed by atoms with van der Waals surface area (Å²) in [6, 6.07) is 3.99. The lowest BCUT2D eigenvalue weighted by Gasteiger charge is -2.26. The van der Waals surface area contributed by atoms with Crippen molar-refractivity contribution in [1.82, 2.24) is 14.7 Å². The van der Waals surface area contributed by atoms with Crippen LogP contribution in [-0.2, 0) is 7.05 Å². The van der Waals surface area contributed by atoms with Crippen LogP contribution >= 0.6 is 11.3 Å². The van der Waals surface area contributed by atoms with Gasteiger partial charge in [-0.05, 0) is 44.6 Å². The summed E-state index contributed by atoms with van der Waals surface area (Å²) in [5, 5.41) is 16.7. The van der Waals surface area contributed by atoms with Crippen molar-refractivity contribution in [3.63, 3.8) is 0 Å². The average molecular weight is 333 g/mol. The fourth-order valence-electron chi connectivity index (χ4n) is 3.43. The molecule has 0 bridgehead atoms. The van der Waals surface area contributed by atoms with E-state index in [0.29, 0.717) is 12.0 Å². The smallest absolute Gasteiger partial charge is 0.257 e. The molecule has 0 aliphatic carbocycles. The van der Waals surface area contributed by atoms with Gasteiger partial charge < -0.3 is 10.0 Å². The predicted octanol–water partition coefficient (Wildman–Crippen LogP) is 2.83. The van der Waals surface area contributed by atoms with Crippen LogP contribution in [0.15, 0.2) is 17.5 Å². The highest BCUT2D eigenvalue weighted by molar-refractivity contribution is 7.10. The van der Waals surface area contributed by atoms with Gasteiger partial charge >= 0.3 is 0 Å². The predicted molar refractivity (Wildman–Crippen MR) is 90.6 cm³/mol. The highest BCUT2D eigenvalue weighted by Crippen LogP contribution is 2.31. The summed E-state index contributed by atoms with van der Waals surface area (Å²) in [4.78, 5) is 15.9. The van der Waals surface area contributed by atoms with Gasteiger partial charge in [-0.15, -0.1) is 11.3 Å². The Morgan fingerprint density at radius 1 is 1.52 bits per heavy atom. The zero-order valence-corrected chi connectivity index (χ0v) is 14.6. The molecule has 1 saturated heterocycles. The first kappa shape index (κ1) is 16.2. The van der Waals surface area contributed by atoms with E-state index in [2.05, 4.69) is 5.10 Å². The Morgan fingerprint density at radius 2 is 2.30 bits per heavy atom. The lowest BCUT2D eigenvalue weighted by atomic mass is 10.0. The molecule has 1 amide bonds. The second kappa shape index (κ2) is 6.45. The number of rotatable bonds is 4. The minimum Gasteiger partial charge on any atom is -0.387 e. The summed E-state index contributed by atoms with van der Waals surface area (Å²) in [6.45, 7) is 4.57. The average Bonchev–Trinajstić information content (AvgIpc) is 3.21. The molecule has 1 aliphatic heterocycles. The number of carbonyl (C=O) groups excluding carboxylic acids is 1. The third-order valence-electron chi connectivity index (χ3n) is 4.73. The molecule has 2 aromatic rings. The Labute approximate surface area is 140 Å². The molecule has 124 valence electrons. The van der Waals surface area contributed by atoms with Gasteiger partial charge in [0.25, 0.3) is 5.91 Å². The molecule has 0 radical (unpaired) electrons. The molecule has 1 aliphatic rings. The van der Waals surface area contributed by atoms with E-state index in [1.165, 1.54) is 0 Å². The quantitative estimate of drug-likeness (QED) is 0.936. The van der Waals surface area contributed by atoms with E-state index in [-0.39, 0.29) is 11.9 Å². The molecule has 3 rings (SSSR count). The van der Waals surface area contributed by atoms with Gasteiger partial charge in [0.1, 0.15) is 0 Å². The molecular formula is C17H23N3O2S. The number of hydrogen-bond donors (Lipinski definition) is 1. The number of hydrogen-bond acceptors (Lipinski definition) is 4. The Bertz CT molecular complexity index is 693. The molecule has 6 heteroatoms. The fraction of sp³-hybridized carbons (Fsp3) is 0.529. The lowest BCUT2D eigenvalue weighted by molar-refractivity contribution is 0.0668. The highest BCUT2D eigenvalue weighted by atomic mass is 32.1. The number of thiophene rings is 1. The van der Waals surface area contributed by atoms with E-state index in [0.717, 1.165) is 35.7 Å². The van der Waals surface area contributed by atoms with Crippen molar-refractivity contribution >= 4 is 17.2 Å². The van der Waals surface area contributed by atoms with Crippen LogP contribution in [0, 0.1) is 13.8 Å². The maximum Gasteiger partial charge on any atom is 0.257 e. The van der Waals surface area contributed by atoms with E-state index in [4.69, 9.17) is 0 Å². The SMILES string of the molecule is Cc1nn(C)c(C)c1C(=O)N1CCC[C@@H]1C[C@@H](O)c1cccs1. The summed E-state index contributed by atoms with van der Waals surface area (Å²) in [5.41, 5.74) is 2.39. The summed E-state index contributed by atoms with van der Waals surface area (Å²) in [5.74, 6) is 0.0500. The van der Waals surface area contributed by atoms with Crippen LogP contribution in [0.5, 0.6) is 0 Å². The van der Waals surface area contributed by atoms with Crippen molar-refractivity contribution in [2.45, 2.75) is 45.3 Å². The maximum absolute atomic E-state index is 13.0. The molecule has 1 fully saturated rings. The van der Waals surface area contributed by atoms with Crippen LogP contribution in [0.1, 0.15) is 52.0 Å². The van der Waals surface area contributed by atoms with Gasteiger partial charge in [-0.2, -0.15) is 5.10 Å². The van der Waals surface area contributed by atoms with E-state index in [1.54, 1.807) is 16.0 Å². The second-order valence-electron chi connectivity index (χ2n) is 6.23. The van der Waals surface area contributed by atoms with Gasteiger partial charge in [-0.3, -0.25) is 9.48 Å². The summed E-state index contributed by atoms with van der Waals surface area (Å²) < 4.78 is 1.76. The number of carbonyl (C=O) groups is 1. The third-order valence-corrected chi connectivity index (χ3v) is 5.70. The number of aromatic nitrogens is 2. The molecular weight excluding hydrogens is 310 g/mol. The van der Waals surface area contributed by atoms with Gasteiger partial charge in [0.2, 0.25) is 0 Å². The van der Waals surface area contributed by atoms with Crippen LogP contribution in [0.3, 0.4) is 0 Å². The van der Waals surface area contributed by atoms with Crippen LogP contribution in [-0.4, -0.2) is 38.3 Å². The standard InChI is InChI=1S/C17H23N3O2S/c1-11-16(12(2)19(3)18-11)17(22)20-8-4-6-13(20)10-14(21)15-7-5-9-23-15/h5,7,9,13-14,21H,4,6,8,10H2,1-3H3/t13-,14-/m1/s1. The molecule has 2 aromatic heterocycles. The number of likely N-dealkylation sites (tertiary alicyclic amines) is 1. The molecule has 23 heavy (non-hydrogen) atoms. The topological polar surface area (TPSA) is 58.4 Å². The van der Waals surface area contributed by atoms with E-state index in [1.807, 2.05) is 43.3 Å². The Morgan fingerprint density at radius 3 is 2.91 bits per heavy atom. The second-order valence-corrected chi connectivity index (χ2v) is 7.21. The van der Waals surface area contributed by atoms with Crippen molar-refractivity contribution in [3.8, 4) is 0 Å². The highest BCUT2D eigenvalue weighted by Gasteiger charge is 2.33. The van der Waals surface area contributed by atoms with Gasteiger partial charge in [0.05, 0.1) is 17.4 Å². The van der Waals surface area contributed by atoms with Crippen LogP contribution in [0.25, 0.3) is 0 Å². The van der Waals surface area contributed by atoms with E-state index >= 15 is 0 Å². The summed E-state index contributed by atoms with van der Waals surface area (Å²) in [6.07, 6.45) is 2.05. The molecule has 5 nitrogen and oxygen atoms in total. The molecule has 3 heterocycles. The lowest BCUT2D eigenvalue weighted by Crippen LogP contribution is -2.37. The van der Waals surface area contributed by atoms with Crippen LogP contribution in [0.4, 0.5) is 0 Å². The first-order valence-electron chi connectivity index (χ1n) is 8.01. The minimum atomic E-state index is -0.496. The summed E-state index contributed by atoms with van der Waals surface area (Å²) in [7, 11) is 1.86. The largest absolute Gasteiger partial charge is 0.387 e. The van der Waals surface area contributed by atoms with Gasteiger partial charge in [0.15, 0.2) is 0 Å². The molecule has 1 N–H and O–H groups in total. The number of nitrogens with zero attached hydrogens (tertiary/aromatic N) is 3. The van der Waals surface area contributed by atoms with Crippen LogP contribution < -0.4 is 0 Å². The van der Waals surface area contributed by atoms with Crippen molar-refractivity contribution in [3.05, 3.63) is 39.3 Å². The van der Waals surface area contributed by atoms with Gasteiger partial charge in [0, 0.05) is 30.2 Å². The number of aryl methyl sites for hydroxylation is 2. The molecule has 0 spiro atoms. The molecule has 0 aromatic carbocycles. The van der Waals surface area contributed by atoms with E-state index in [9.17, 15) is 9.90 Å².